The van der Waals surface area contributed by atoms with E-state index in [9.17, 15) is 17.8 Å². The number of carbonyl (C=O) groups is 1. The number of hydrogen-bond donors (Lipinski definition) is 4. The Labute approximate surface area is 82.9 Å². The lowest BCUT2D eigenvalue weighted by Gasteiger charge is -2.09. The minimum atomic E-state index is -5.25. The normalized spacial score (nSPS) is 12.2. The van der Waals surface area contributed by atoms with E-state index in [0.717, 1.165) is 0 Å². The fourth-order valence-corrected chi connectivity index (χ4v) is 0.998. The summed E-state index contributed by atoms with van der Waals surface area (Å²) in [7, 11) is -13.3. The van der Waals surface area contributed by atoms with Gasteiger partial charge in [0, 0.05) is 0 Å². The van der Waals surface area contributed by atoms with E-state index in [-0.39, 0.29) is 0 Å². The van der Waals surface area contributed by atoms with Crippen LogP contribution in [-0.2, 0) is 28.2 Å². The second-order valence-electron chi connectivity index (χ2n) is 1.79. The zero-order chi connectivity index (χ0) is 12.3. The van der Waals surface area contributed by atoms with E-state index >= 15 is 0 Å². The summed E-state index contributed by atoms with van der Waals surface area (Å²) in [6.45, 7) is 0. The van der Waals surface area contributed by atoms with Gasteiger partial charge in [0.05, 0.1) is 0 Å². The van der Waals surface area contributed by atoms with Crippen molar-refractivity contribution < 1.29 is 50.4 Å². The Morgan fingerprint density at radius 1 is 1.33 bits per heavy atom. The van der Waals surface area contributed by atoms with Crippen molar-refractivity contribution in [3.8, 4) is 0 Å². The monoisotopic (exact) mass is 266 g/mol. The summed E-state index contributed by atoms with van der Waals surface area (Å²) in [6, 6.07) is 0. The highest BCUT2D eigenvalue weighted by Gasteiger charge is 2.39. The van der Waals surface area contributed by atoms with Crippen LogP contribution in [0.3, 0.4) is 0 Å². The molecule has 0 unspecified atom stereocenters. The standard InChI is InChI=1S/CH4BO11PS/c3-1(4)11-2(12-14(5,6)7)13-15(8,9)10/h(H,3,4)(H2,5,6,7)(H,8,9,10). The van der Waals surface area contributed by atoms with Crippen molar-refractivity contribution >= 4 is 31.7 Å². The Hall–Kier alpha value is -0.685. The maximum atomic E-state index is 10.2. The first kappa shape index (κ1) is 14.3. The smallest absolute Gasteiger partial charge is 0.451 e. The third kappa shape index (κ3) is 9.62. The molecule has 0 saturated carbocycles. The first-order chi connectivity index (χ1) is 6.49. The van der Waals surface area contributed by atoms with Crippen molar-refractivity contribution in [2.45, 2.75) is 0 Å². The molecule has 0 fully saturated rings. The van der Waals surface area contributed by atoms with Gasteiger partial charge >= 0.3 is 31.7 Å². The van der Waals surface area contributed by atoms with Crippen LogP contribution in [0.1, 0.15) is 0 Å². The molecule has 15 heavy (non-hydrogen) atoms. The van der Waals surface area contributed by atoms with Crippen LogP contribution in [0, 0.1) is 0 Å². The van der Waals surface area contributed by atoms with Crippen LogP contribution < -0.4 is 0 Å². The summed E-state index contributed by atoms with van der Waals surface area (Å²) in [5.74, 6) is 0. The van der Waals surface area contributed by atoms with E-state index in [1.165, 1.54) is 0 Å². The summed E-state index contributed by atoms with van der Waals surface area (Å²) in [5, 5.41) is 7.97. The molecule has 4 N–H and O–H groups in total. The number of hydrogen-bond acceptors (Lipinski definition) is 7. The summed E-state index contributed by atoms with van der Waals surface area (Å²) in [6.07, 6.45) is -2.14. The second-order valence-corrected chi connectivity index (χ2v) is 4.03. The van der Waals surface area contributed by atoms with Gasteiger partial charge in [-0.3, -0.25) is 8.99 Å². The molecule has 0 aromatic rings. The zero-order valence-electron chi connectivity index (χ0n) is 6.58. The fraction of sp³-hybridized carbons (Fsp3) is 0. The number of carboxylic acid groups (broad SMARTS) is 1. The minimum Gasteiger partial charge on any atom is -0.451 e. The van der Waals surface area contributed by atoms with Crippen molar-refractivity contribution in [2.75, 3.05) is 0 Å². The van der Waals surface area contributed by atoms with Crippen LogP contribution in [-0.4, -0.2) is 41.3 Å². The topological polar surface area (TPSA) is 177 Å². The van der Waals surface area contributed by atoms with Crippen LogP contribution >= 0.6 is 7.82 Å². The van der Waals surface area contributed by atoms with Gasteiger partial charge in [0.15, 0.2) is 0 Å². The highest BCUT2D eigenvalue weighted by atomic mass is 32.3. The fourth-order valence-electron chi connectivity index (χ4n) is 0.352. The first-order valence-corrected chi connectivity index (χ1v) is 5.68. The summed E-state index contributed by atoms with van der Waals surface area (Å²) in [5.41, 5.74) is 0. The first-order valence-electron chi connectivity index (χ1n) is 2.79. The molecular formula is CH4BO11PS. The van der Waals surface area contributed by atoms with Crippen molar-refractivity contribution in [2.24, 2.45) is 0 Å². The van der Waals surface area contributed by atoms with E-state index < -0.39 is 31.7 Å². The van der Waals surface area contributed by atoms with Gasteiger partial charge in [-0.05, 0) is 0 Å². The van der Waals surface area contributed by atoms with Gasteiger partial charge in [-0.1, -0.05) is 0 Å². The molecule has 0 aromatic heterocycles. The van der Waals surface area contributed by atoms with Gasteiger partial charge in [-0.25, -0.2) is 13.5 Å². The van der Waals surface area contributed by atoms with Gasteiger partial charge in [0.2, 0.25) is 0 Å². The van der Waals surface area contributed by atoms with E-state index in [0.29, 0.717) is 0 Å². The molecule has 0 heterocycles. The molecule has 0 bridgehead atoms. The quantitative estimate of drug-likeness (QED) is 0.261. The van der Waals surface area contributed by atoms with Gasteiger partial charge in [-0.2, -0.15) is 8.42 Å². The van der Waals surface area contributed by atoms with Crippen LogP contribution in [0.2, 0.25) is 0 Å². The maximum absolute atomic E-state index is 10.2. The predicted molar refractivity (Wildman–Crippen MR) is 40.6 cm³/mol. The van der Waals surface area contributed by atoms with Crippen molar-refractivity contribution in [3.05, 3.63) is 0 Å². The van der Waals surface area contributed by atoms with Crippen molar-refractivity contribution in [3.63, 3.8) is 0 Å². The Morgan fingerprint density at radius 2 is 1.80 bits per heavy atom. The lowest BCUT2D eigenvalue weighted by Crippen LogP contribution is -2.31. The highest BCUT2D eigenvalue weighted by molar-refractivity contribution is 7.81. The Kier molecular flexibility index (Phi) is 4.67. The van der Waals surface area contributed by atoms with Crippen LogP contribution in [0.25, 0.3) is 0 Å². The van der Waals surface area contributed by atoms with E-state index in [2.05, 4.69) is 13.2 Å². The Morgan fingerprint density at radius 3 is 2.07 bits per heavy atom. The molecule has 0 aliphatic rings. The maximum Gasteiger partial charge on any atom is 0.743 e. The molecule has 0 aliphatic heterocycles. The van der Waals surface area contributed by atoms with Crippen molar-refractivity contribution in [1.29, 1.82) is 0 Å². The molecule has 0 spiro atoms. The Balaban J connectivity index is 4.60. The minimum absolute atomic E-state index is 2.14. The number of phosphoric acid groups is 1. The molecule has 0 aliphatic carbocycles. The molecule has 0 rings (SSSR count). The average molecular weight is 266 g/mol. The lowest BCUT2D eigenvalue weighted by atomic mass is 10.3. The lowest BCUT2D eigenvalue weighted by molar-refractivity contribution is 0.119. The van der Waals surface area contributed by atoms with Crippen LogP contribution in [0.5, 0.6) is 0 Å². The summed E-state index contributed by atoms with van der Waals surface area (Å²) < 4.78 is 48.5. The molecule has 0 aromatic carbocycles. The van der Waals surface area contributed by atoms with Crippen LogP contribution in [0.15, 0.2) is 0 Å². The summed E-state index contributed by atoms with van der Waals surface area (Å²) in [4.78, 5) is 26.2. The van der Waals surface area contributed by atoms with E-state index in [1.54, 1.807) is 0 Å². The molecule has 0 saturated heterocycles. The average Bonchev–Trinajstić information content (AvgIpc) is 1.73. The van der Waals surface area contributed by atoms with Crippen molar-refractivity contribution in [1.82, 2.24) is 0 Å². The molecule has 14 heteroatoms. The third-order valence-corrected chi connectivity index (χ3v) is 1.47. The predicted octanol–water partition coefficient (Wildman–Crippen LogP) is -1.41. The molecule has 0 radical (unpaired) electrons. The zero-order valence-corrected chi connectivity index (χ0v) is 8.29. The highest BCUT2D eigenvalue weighted by Crippen LogP contribution is 2.37. The van der Waals surface area contributed by atoms with Gasteiger partial charge in [0.1, 0.15) is 0 Å². The molecular weight excluding hydrogens is 262 g/mol. The SMILES string of the molecule is O=C(O)OB(OP(=O)(O)O)OS(=O)(=O)O. The third-order valence-electron chi connectivity index (χ3n) is 0.621. The second kappa shape index (κ2) is 4.89. The largest absolute Gasteiger partial charge is 0.743 e. The van der Waals surface area contributed by atoms with Gasteiger partial charge in [0.25, 0.3) is 0 Å². The van der Waals surface area contributed by atoms with E-state index in [1.807, 2.05) is 0 Å². The molecule has 0 amide bonds. The van der Waals surface area contributed by atoms with Gasteiger partial charge in [-0.15, -0.1) is 0 Å². The summed E-state index contributed by atoms with van der Waals surface area (Å²) >= 11 is 0. The number of rotatable bonds is 5. The molecule has 88 valence electrons. The molecule has 11 nitrogen and oxygen atoms in total. The van der Waals surface area contributed by atoms with Crippen LogP contribution in [0.4, 0.5) is 4.79 Å². The molecule has 0 atom stereocenters. The van der Waals surface area contributed by atoms with E-state index in [4.69, 9.17) is 19.4 Å². The Bertz CT molecular complexity index is 364. The van der Waals surface area contributed by atoms with Gasteiger partial charge < -0.3 is 19.5 Å².